The Labute approximate surface area is 159 Å². The van der Waals surface area contributed by atoms with Gasteiger partial charge in [0.05, 0.1) is 0 Å². The second-order valence-electron chi connectivity index (χ2n) is 6.55. The van der Waals surface area contributed by atoms with Crippen LogP contribution in [0.3, 0.4) is 0 Å². The number of nitrogens with one attached hydrogen (secondary N) is 1. The van der Waals surface area contributed by atoms with Gasteiger partial charge in [0.25, 0.3) is 11.8 Å². The molecule has 0 spiro atoms. The molecule has 0 saturated heterocycles. The number of hydrogen-bond donors (Lipinski definition) is 1. The first kappa shape index (κ1) is 18.4. The zero-order chi connectivity index (χ0) is 19.2. The minimum absolute atomic E-state index is 0.0792. The lowest BCUT2D eigenvalue weighted by Gasteiger charge is -2.17. The summed E-state index contributed by atoms with van der Waals surface area (Å²) in [6.07, 6.45) is 0. The van der Waals surface area contributed by atoms with Gasteiger partial charge in [-0.3, -0.25) is 9.59 Å². The molecular weight excluding hydrogens is 336 g/mol. The van der Waals surface area contributed by atoms with E-state index in [1.165, 1.54) is 0 Å². The van der Waals surface area contributed by atoms with Crippen molar-refractivity contribution in [2.45, 2.75) is 13.5 Å². The molecule has 0 aliphatic heterocycles. The molecule has 0 bridgehead atoms. The molecule has 1 N–H and O–H groups in total. The van der Waals surface area contributed by atoms with Gasteiger partial charge in [0.1, 0.15) is 0 Å². The molecule has 0 aromatic heterocycles. The summed E-state index contributed by atoms with van der Waals surface area (Å²) < 4.78 is 0. The molecule has 0 saturated carbocycles. The van der Waals surface area contributed by atoms with Crippen LogP contribution in [0, 0.1) is 6.92 Å². The Morgan fingerprint density at radius 3 is 2.19 bits per heavy atom. The zero-order valence-electron chi connectivity index (χ0n) is 15.5. The van der Waals surface area contributed by atoms with Crippen molar-refractivity contribution in [2.75, 3.05) is 12.4 Å². The summed E-state index contributed by atoms with van der Waals surface area (Å²) in [7, 11) is 1.77. The van der Waals surface area contributed by atoms with Crippen molar-refractivity contribution in [2.24, 2.45) is 0 Å². The fourth-order valence-corrected chi connectivity index (χ4v) is 2.84. The van der Waals surface area contributed by atoms with E-state index in [0.717, 1.165) is 16.8 Å². The molecule has 0 radical (unpaired) electrons. The first-order valence-electron chi connectivity index (χ1n) is 8.80. The SMILES string of the molecule is Cc1cccc(NC(=O)c2ccc(C(=O)N(C)Cc3ccccc3)cc2)c1. The van der Waals surface area contributed by atoms with Crippen LogP contribution in [0.5, 0.6) is 0 Å². The maximum Gasteiger partial charge on any atom is 0.255 e. The van der Waals surface area contributed by atoms with Gasteiger partial charge in [0, 0.05) is 30.4 Å². The van der Waals surface area contributed by atoms with Crippen molar-refractivity contribution in [3.63, 3.8) is 0 Å². The fourth-order valence-electron chi connectivity index (χ4n) is 2.84. The molecule has 27 heavy (non-hydrogen) atoms. The number of amides is 2. The third-order valence-electron chi connectivity index (χ3n) is 4.28. The molecule has 0 aliphatic rings. The van der Waals surface area contributed by atoms with Crippen LogP contribution < -0.4 is 5.32 Å². The van der Waals surface area contributed by atoms with Crippen molar-refractivity contribution in [3.05, 3.63) is 101 Å². The van der Waals surface area contributed by atoms with Crippen LogP contribution in [0.15, 0.2) is 78.9 Å². The summed E-state index contributed by atoms with van der Waals surface area (Å²) in [6, 6.07) is 24.2. The molecule has 136 valence electrons. The average molecular weight is 358 g/mol. The van der Waals surface area contributed by atoms with Crippen LogP contribution in [-0.2, 0) is 6.54 Å². The van der Waals surface area contributed by atoms with Crippen LogP contribution in [0.4, 0.5) is 5.69 Å². The largest absolute Gasteiger partial charge is 0.337 e. The summed E-state index contributed by atoms with van der Waals surface area (Å²) in [4.78, 5) is 26.6. The molecule has 4 nitrogen and oxygen atoms in total. The highest BCUT2D eigenvalue weighted by Crippen LogP contribution is 2.14. The lowest BCUT2D eigenvalue weighted by atomic mass is 10.1. The number of carbonyl (C=O) groups is 2. The molecule has 3 rings (SSSR count). The van der Waals surface area contributed by atoms with E-state index >= 15 is 0 Å². The Kier molecular flexibility index (Phi) is 5.67. The number of carbonyl (C=O) groups excluding carboxylic acids is 2. The second kappa shape index (κ2) is 8.32. The normalized spacial score (nSPS) is 10.3. The number of aryl methyl sites for hydroxylation is 1. The van der Waals surface area contributed by atoms with E-state index in [1.54, 1.807) is 36.2 Å². The highest BCUT2D eigenvalue weighted by molar-refractivity contribution is 6.05. The Hall–Kier alpha value is -3.40. The van der Waals surface area contributed by atoms with Crippen LogP contribution in [0.2, 0.25) is 0 Å². The number of benzene rings is 3. The van der Waals surface area contributed by atoms with E-state index in [0.29, 0.717) is 17.7 Å². The smallest absolute Gasteiger partial charge is 0.255 e. The molecule has 4 heteroatoms. The van der Waals surface area contributed by atoms with Gasteiger partial charge in [-0.1, -0.05) is 42.5 Å². The lowest BCUT2D eigenvalue weighted by Crippen LogP contribution is -2.26. The predicted octanol–water partition coefficient (Wildman–Crippen LogP) is 4.52. The summed E-state index contributed by atoms with van der Waals surface area (Å²) in [6.45, 7) is 2.51. The number of nitrogens with zero attached hydrogens (tertiary/aromatic N) is 1. The summed E-state index contributed by atoms with van der Waals surface area (Å²) in [5.41, 5.74) is 3.97. The first-order chi connectivity index (χ1) is 13.0. The Morgan fingerprint density at radius 1 is 0.852 bits per heavy atom. The topological polar surface area (TPSA) is 49.4 Å². The van der Waals surface area contributed by atoms with Gasteiger partial charge in [-0.05, 0) is 54.4 Å². The quantitative estimate of drug-likeness (QED) is 0.729. The van der Waals surface area contributed by atoms with E-state index in [2.05, 4.69) is 5.32 Å². The summed E-state index contributed by atoms with van der Waals surface area (Å²) in [5, 5.41) is 2.87. The van der Waals surface area contributed by atoms with Gasteiger partial charge in [-0.2, -0.15) is 0 Å². The standard InChI is InChI=1S/C23H22N2O2/c1-17-7-6-10-21(15-17)24-22(26)19-11-13-20(14-12-19)23(27)25(2)16-18-8-4-3-5-9-18/h3-15H,16H2,1-2H3,(H,24,26). The predicted molar refractivity (Wildman–Crippen MR) is 108 cm³/mol. The second-order valence-corrected chi connectivity index (χ2v) is 6.55. The Morgan fingerprint density at radius 2 is 1.52 bits per heavy atom. The molecule has 3 aromatic carbocycles. The van der Waals surface area contributed by atoms with Crippen molar-refractivity contribution in [1.82, 2.24) is 4.90 Å². The Balaban J connectivity index is 1.65. The highest BCUT2D eigenvalue weighted by atomic mass is 16.2. The average Bonchev–Trinajstić information content (AvgIpc) is 2.68. The molecule has 0 atom stereocenters. The number of anilines is 1. The monoisotopic (exact) mass is 358 g/mol. The zero-order valence-corrected chi connectivity index (χ0v) is 15.5. The third-order valence-corrected chi connectivity index (χ3v) is 4.28. The van der Waals surface area contributed by atoms with Gasteiger partial charge < -0.3 is 10.2 Å². The maximum absolute atomic E-state index is 12.6. The van der Waals surface area contributed by atoms with Gasteiger partial charge in [-0.15, -0.1) is 0 Å². The summed E-state index contributed by atoms with van der Waals surface area (Å²) in [5.74, 6) is -0.276. The van der Waals surface area contributed by atoms with E-state index in [-0.39, 0.29) is 11.8 Å². The molecular formula is C23H22N2O2. The van der Waals surface area contributed by atoms with E-state index in [1.807, 2.05) is 61.5 Å². The van der Waals surface area contributed by atoms with E-state index in [9.17, 15) is 9.59 Å². The molecule has 2 amide bonds. The minimum atomic E-state index is -0.197. The third kappa shape index (κ3) is 4.82. The van der Waals surface area contributed by atoms with E-state index < -0.39 is 0 Å². The molecule has 0 unspecified atom stereocenters. The van der Waals surface area contributed by atoms with E-state index in [4.69, 9.17) is 0 Å². The molecule has 3 aromatic rings. The van der Waals surface area contributed by atoms with Crippen molar-refractivity contribution >= 4 is 17.5 Å². The van der Waals surface area contributed by atoms with Crippen LogP contribution >= 0.6 is 0 Å². The van der Waals surface area contributed by atoms with Crippen molar-refractivity contribution in [1.29, 1.82) is 0 Å². The molecule has 0 fully saturated rings. The van der Waals surface area contributed by atoms with Gasteiger partial charge in [0.2, 0.25) is 0 Å². The van der Waals surface area contributed by atoms with Gasteiger partial charge in [0.15, 0.2) is 0 Å². The van der Waals surface area contributed by atoms with Crippen molar-refractivity contribution in [3.8, 4) is 0 Å². The van der Waals surface area contributed by atoms with Crippen LogP contribution in [0.1, 0.15) is 31.8 Å². The molecule has 0 heterocycles. The summed E-state index contributed by atoms with van der Waals surface area (Å²) >= 11 is 0. The lowest BCUT2D eigenvalue weighted by molar-refractivity contribution is 0.0784. The van der Waals surface area contributed by atoms with Crippen molar-refractivity contribution < 1.29 is 9.59 Å². The Bertz CT molecular complexity index is 934. The number of rotatable bonds is 5. The molecule has 0 aliphatic carbocycles. The van der Waals surface area contributed by atoms with Gasteiger partial charge in [-0.25, -0.2) is 0 Å². The van der Waals surface area contributed by atoms with Crippen LogP contribution in [-0.4, -0.2) is 23.8 Å². The van der Waals surface area contributed by atoms with Crippen LogP contribution in [0.25, 0.3) is 0 Å². The highest BCUT2D eigenvalue weighted by Gasteiger charge is 2.13. The first-order valence-corrected chi connectivity index (χ1v) is 8.80. The number of hydrogen-bond acceptors (Lipinski definition) is 2. The minimum Gasteiger partial charge on any atom is -0.337 e. The van der Waals surface area contributed by atoms with Gasteiger partial charge >= 0.3 is 0 Å². The fraction of sp³-hybridized carbons (Fsp3) is 0.130. The maximum atomic E-state index is 12.6.